The number of amides is 1. The normalized spacial score (nSPS) is 12.3. The first-order chi connectivity index (χ1) is 7.47. The first-order valence-electron chi connectivity index (χ1n) is 5.18. The minimum atomic E-state index is -0.856. The molecule has 1 atom stereocenters. The Morgan fingerprint density at radius 1 is 1.50 bits per heavy atom. The highest BCUT2D eigenvalue weighted by Gasteiger charge is 2.19. The number of hydrogen-bond acceptors (Lipinski definition) is 3. The molecule has 4 nitrogen and oxygen atoms in total. The molecule has 0 fully saturated rings. The van der Waals surface area contributed by atoms with Crippen LogP contribution in [0.2, 0.25) is 0 Å². The van der Waals surface area contributed by atoms with Crippen molar-refractivity contribution in [1.29, 1.82) is 0 Å². The van der Waals surface area contributed by atoms with Gasteiger partial charge in [0.05, 0.1) is 6.61 Å². The maximum atomic E-state index is 11.8. The van der Waals surface area contributed by atoms with Crippen LogP contribution in [-0.4, -0.2) is 30.7 Å². The number of carbonyl (C=O) groups is 1. The number of aliphatic hydroxyl groups excluding tert-OH is 1. The van der Waals surface area contributed by atoms with Crippen molar-refractivity contribution in [3.05, 3.63) is 29.3 Å². The molecule has 0 bridgehead atoms. The van der Waals surface area contributed by atoms with Crippen molar-refractivity contribution in [3.63, 3.8) is 0 Å². The Bertz CT molecular complexity index is 391. The zero-order valence-electron chi connectivity index (χ0n) is 9.90. The molecular weight excluding hydrogens is 204 g/mol. The second kappa shape index (κ2) is 5.09. The maximum Gasteiger partial charge on any atom is 0.246 e. The number of nitrogens with zero attached hydrogens (tertiary/aromatic N) is 1. The molecule has 88 valence electrons. The fourth-order valence-corrected chi connectivity index (χ4v) is 1.63. The summed E-state index contributed by atoms with van der Waals surface area (Å²) >= 11 is 0. The van der Waals surface area contributed by atoms with E-state index in [1.165, 1.54) is 4.90 Å². The molecular formula is C12H18N2O2. The van der Waals surface area contributed by atoms with E-state index in [1.54, 1.807) is 7.05 Å². The van der Waals surface area contributed by atoms with Gasteiger partial charge in [-0.1, -0.05) is 17.7 Å². The van der Waals surface area contributed by atoms with Gasteiger partial charge in [0.2, 0.25) is 5.91 Å². The molecule has 0 aliphatic rings. The van der Waals surface area contributed by atoms with E-state index in [2.05, 4.69) is 0 Å². The average Bonchev–Trinajstić information content (AvgIpc) is 2.26. The topological polar surface area (TPSA) is 66.6 Å². The lowest BCUT2D eigenvalue weighted by Crippen LogP contribution is -2.44. The summed E-state index contributed by atoms with van der Waals surface area (Å²) in [5.41, 5.74) is 8.47. The number of aryl methyl sites for hydroxylation is 2. The molecule has 4 heteroatoms. The Morgan fingerprint density at radius 3 is 2.62 bits per heavy atom. The van der Waals surface area contributed by atoms with Gasteiger partial charge in [0.15, 0.2) is 0 Å². The Labute approximate surface area is 95.7 Å². The highest BCUT2D eigenvalue weighted by molar-refractivity contribution is 5.97. The third-order valence-corrected chi connectivity index (χ3v) is 2.56. The van der Waals surface area contributed by atoms with E-state index in [4.69, 9.17) is 10.8 Å². The SMILES string of the molecule is Cc1ccc(N(C)C(=O)C(N)CO)c(C)c1. The summed E-state index contributed by atoms with van der Waals surface area (Å²) in [5.74, 6) is -0.283. The van der Waals surface area contributed by atoms with Crippen LogP contribution >= 0.6 is 0 Å². The Morgan fingerprint density at radius 2 is 2.12 bits per heavy atom. The van der Waals surface area contributed by atoms with Crippen molar-refractivity contribution in [2.24, 2.45) is 5.73 Å². The van der Waals surface area contributed by atoms with Crippen LogP contribution in [0.15, 0.2) is 18.2 Å². The van der Waals surface area contributed by atoms with E-state index >= 15 is 0 Å². The molecule has 0 spiro atoms. The second-order valence-corrected chi connectivity index (χ2v) is 3.98. The van der Waals surface area contributed by atoms with Gasteiger partial charge in [0.1, 0.15) is 6.04 Å². The summed E-state index contributed by atoms with van der Waals surface area (Å²) in [4.78, 5) is 13.2. The van der Waals surface area contributed by atoms with Crippen LogP contribution in [0.5, 0.6) is 0 Å². The monoisotopic (exact) mass is 222 g/mol. The van der Waals surface area contributed by atoms with Crippen LogP contribution in [0, 0.1) is 13.8 Å². The van der Waals surface area contributed by atoms with Gasteiger partial charge >= 0.3 is 0 Å². The number of hydrogen-bond donors (Lipinski definition) is 2. The second-order valence-electron chi connectivity index (χ2n) is 3.98. The summed E-state index contributed by atoms with van der Waals surface area (Å²) in [6, 6.07) is 4.97. The molecule has 0 heterocycles. The van der Waals surface area contributed by atoms with Crippen LogP contribution in [0.3, 0.4) is 0 Å². The molecule has 1 amide bonds. The van der Waals surface area contributed by atoms with E-state index in [0.717, 1.165) is 16.8 Å². The third kappa shape index (κ3) is 2.59. The van der Waals surface area contributed by atoms with Gasteiger partial charge in [0.25, 0.3) is 0 Å². The third-order valence-electron chi connectivity index (χ3n) is 2.56. The van der Waals surface area contributed by atoms with Crippen molar-refractivity contribution in [2.45, 2.75) is 19.9 Å². The molecule has 0 aliphatic carbocycles. The molecule has 1 aromatic rings. The van der Waals surface area contributed by atoms with Crippen molar-refractivity contribution in [1.82, 2.24) is 0 Å². The largest absolute Gasteiger partial charge is 0.394 e. The number of aliphatic hydroxyl groups is 1. The van der Waals surface area contributed by atoms with Gasteiger partial charge in [0, 0.05) is 12.7 Å². The lowest BCUT2D eigenvalue weighted by Gasteiger charge is -2.22. The highest BCUT2D eigenvalue weighted by atomic mass is 16.3. The number of benzene rings is 1. The molecule has 1 aromatic carbocycles. The number of likely N-dealkylation sites (N-methyl/N-ethyl adjacent to an activating group) is 1. The Hall–Kier alpha value is -1.39. The molecule has 0 aliphatic heterocycles. The van der Waals surface area contributed by atoms with Crippen LogP contribution in [0.1, 0.15) is 11.1 Å². The van der Waals surface area contributed by atoms with Crippen LogP contribution in [0.4, 0.5) is 5.69 Å². The highest BCUT2D eigenvalue weighted by Crippen LogP contribution is 2.20. The summed E-state index contributed by atoms with van der Waals surface area (Å²) in [7, 11) is 1.66. The summed E-state index contributed by atoms with van der Waals surface area (Å²) in [5, 5.41) is 8.84. The molecule has 0 aromatic heterocycles. The van der Waals surface area contributed by atoms with Crippen LogP contribution in [0.25, 0.3) is 0 Å². The molecule has 0 saturated carbocycles. The molecule has 16 heavy (non-hydrogen) atoms. The molecule has 0 saturated heterocycles. The smallest absolute Gasteiger partial charge is 0.246 e. The van der Waals surface area contributed by atoms with Gasteiger partial charge in [-0.15, -0.1) is 0 Å². The fourth-order valence-electron chi connectivity index (χ4n) is 1.63. The summed E-state index contributed by atoms with van der Waals surface area (Å²) < 4.78 is 0. The lowest BCUT2D eigenvalue weighted by molar-refractivity contribution is -0.120. The van der Waals surface area contributed by atoms with Crippen LogP contribution in [-0.2, 0) is 4.79 Å². The quantitative estimate of drug-likeness (QED) is 0.786. The number of anilines is 1. The first-order valence-corrected chi connectivity index (χ1v) is 5.18. The van der Waals surface area contributed by atoms with E-state index in [1.807, 2.05) is 32.0 Å². The van der Waals surface area contributed by atoms with Crippen LogP contribution < -0.4 is 10.6 Å². The lowest BCUT2D eigenvalue weighted by atomic mass is 10.1. The van der Waals surface area contributed by atoms with E-state index in [-0.39, 0.29) is 12.5 Å². The molecule has 3 N–H and O–H groups in total. The van der Waals surface area contributed by atoms with Crippen molar-refractivity contribution >= 4 is 11.6 Å². The molecule has 1 unspecified atom stereocenters. The van der Waals surface area contributed by atoms with Gasteiger partial charge in [-0.25, -0.2) is 0 Å². The van der Waals surface area contributed by atoms with Crippen molar-refractivity contribution < 1.29 is 9.90 Å². The predicted molar refractivity (Wildman–Crippen MR) is 64.4 cm³/mol. The Balaban J connectivity index is 2.96. The molecule has 1 rings (SSSR count). The van der Waals surface area contributed by atoms with Gasteiger partial charge in [-0.3, -0.25) is 4.79 Å². The number of carbonyl (C=O) groups excluding carboxylic acids is 1. The van der Waals surface area contributed by atoms with E-state index in [9.17, 15) is 4.79 Å². The molecule has 0 radical (unpaired) electrons. The van der Waals surface area contributed by atoms with Crippen molar-refractivity contribution in [3.8, 4) is 0 Å². The fraction of sp³-hybridized carbons (Fsp3) is 0.417. The van der Waals surface area contributed by atoms with Gasteiger partial charge in [-0.2, -0.15) is 0 Å². The predicted octanol–water partition coefficient (Wildman–Crippen LogP) is 0.586. The van der Waals surface area contributed by atoms with E-state index in [0.29, 0.717) is 0 Å². The number of rotatable bonds is 3. The summed E-state index contributed by atoms with van der Waals surface area (Å²) in [6.45, 7) is 3.60. The first kappa shape index (κ1) is 12.7. The zero-order valence-corrected chi connectivity index (χ0v) is 9.90. The zero-order chi connectivity index (χ0) is 12.3. The minimum absolute atomic E-state index is 0.283. The standard InChI is InChI=1S/C12H18N2O2/c1-8-4-5-11(9(2)6-8)14(3)12(16)10(13)7-15/h4-6,10,15H,7,13H2,1-3H3. The number of nitrogens with two attached hydrogens (primary N) is 1. The summed E-state index contributed by atoms with van der Waals surface area (Å²) in [6.07, 6.45) is 0. The van der Waals surface area contributed by atoms with Gasteiger partial charge < -0.3 is 15.7 Å². The average molecular weight is 222 g/mol. The minimum Gasteiger partial charge on any atom is -0.394 e. The van der Waals surface area contributed by atoms with Crippen molar-refractivity contribution in [2.75, 3.05) is 18.6 Å². The van der Waals surface area contributed by atoms with Gasteiger partial charge in [-0.05, 0) is 25.5 Å². The maximum absolute atomic E-state index is 11.8. The Kier molecular flexibility index (Phi) is 4.04. The van der Waals surface area contributed by atoms with E-state index < -0.39 is 6.04 Å².